The largest absolute Gasteiger partial charge is 0.298 e. The van der Waals surface area contributed by atoms with Crippen molar-refractivity contribution in [2.75, 3.05) is 5.75 Å². The van der Waals surface area contributed by atoms with Crippen molar-refractivity contribution in [3.05, 3.63) is 34.6 Å². The highest BCUT2D eigenvalue weighted by Gasteiger charge is 2.22. The van der Waals surface area contributed by atoms with Gasteiger partial charge in [0.25, 0.3) is 0 Å². The molecule has 0 saturated carbocycles. The first-order valence-electron chi connectivity index (χ1n) is 4.49. The fourth-order valence-corrected chi connectivity index (χ4v) is 2.83. The highest BCUT2D eigenvalue weighted by molar-refractivity contribution is 7.99. The van der Waals surface area contributed by atoms with Crippen LogP contribution in [0.4, 0.5) is 4.39 Å². The Hall–Kier alpha value is -0.250. The molecule has 1 saturated heterocycles. The molecular formula is C10H11ClFNS. The fraction of sp³-hybridized carbons (Fsp3) is 0.400. The topological polar surface area (TPSA) is 12.0 Å². The monoisotopic (exact) mass is 231 g/mol. The minimum absolute atomic E-state index is 0.185. The number of benzene rings is 1. The number of hydrogen-bond donors (Lipinski definition) is 1. The lowest BCUT2D eigenvalue weighted by Crippen LogP contribution is -2.21. The van der Waals surface area contributed by atoms with Gasteiger partial charge < -0.3 is 0 Å². The van der Waals surface area contributed by atoms with E-state index in [1.165, 1.54) is 6.07 Å². The van der Waals surface area contributed by atoms with Crippen molar-refractivity contribution in [2.24, 2.45) is 0 Å². The second kappa shape index (κ2) is 4.09. The molecule has 0 amide bonds. The third-order valence-corrected chi connectivity index (χ3v) is 3.94. The first kappa shape index (κ1) is 10.3. The van der Waals surface area contributed by atoms with Crippen molar-refractivity contribution in [3.8, 4) is 0 Å². The van der Waals surface area contributed by atoms with Crippen molar-refractivity contribution < 1.29 is 4.39 Å². The molecule has 0 radical (unpaired) electrons. The van der Waals surface area contributed by atoms with Crippen LogP contribution in [0, 0.1) is 5.82 Å². The minimum Gasteiger partial charge on any atom is -0.298 e. The van der Waals surface area contributed by atoms with E-state index in [-0.39, 0.29) is 16.2 Å². The molecule has 2 atom stereocenters. The molecule has 1 aliphatic heterocycles. The van der Waals surface area contributed by atoms with E-state index < -0.39 is 0 Å². The van der Waals surface area contributed by atoms with Crippen molar-refractivity contribution in [1.82, 2.24) is 5.32 Å². The van der Waals surface area contributed by atoms with Gasteiger partial charge in [-0.05, 0) is 24.6 Å². The summed E-state index contributed by atoms with van der Waals surface area (Å²) in [6, 6.07) is 5.47. The van der Waals surface area contributed by atoms with Gasteiger partial charge in [-0.3, -0.25) is 5.32 Å². The van der Waals surface area contributed by atoms with Crippen LogP contribution in [-0.2, 0) is 0 Å². The summed E-state index contributed by atoms with van der Waals surface area (Å²) in [4.78, 5) is 0. The minimum atomic E-state index is -0.342. The number of hydrogen-bond acceptors (Lipinski definition) is 2. The van der Waals surface area contributed by atoms with Crippen LogP contribution in [0.5, 0.6) is 0 Å². The van der Waals surface area contributed by atoms with Crippen molar-refractivity contribution >= 4 is 23.4 Å². The van der Waals surface area contributed by atoms with Gasteiger partial charge in [0.15, 0.2) is 0 Å². The van der Waals surface area contributed by atoms with Crippen molar-refractivity contribution in [3.63, 3.8) is 0 Å². The maximum Gasteiger partial charge on any atom is 0.142 e. The molecule has 0 bridgehead atoms. The van der Waals surface area contributed by atoms with Crippen LogP contribution in [0.1, 0.15) is 17.9 Å². The summed E-state index contributed by atoms with van der Waals surface area (Å²) < 4.78 is 13.2. The summed E-state index contributed by atoms with van der Waals surface area (Å²) in [7, 11) is 0. The molecule has 0 aromatic heterocycles. The Morgan fingerprint density at radius 1 is 1.57 bits per heavy atom. The predicted molar refractivity (Wildman–Crippen MR) is 59.2 cm³/mol. The molecule has 76 valence electrons. The van der Waals surface area contributed by atoms with Crippen LogP contribution < -0.4 is 5.32 Å². The second-order valence-electron chi connectivity index (χ2n) is 3.45. The number of nitrogens with one attached hydrogen (secondary N) is 1. The van der Waals surface area contributed by atoms with Gasteiger partial charge in [0.1, 0.15) is 5.82 Å². The van der Waals surface area contributed by atoms with E-state index in [0.29, 0.717) is 6.04 Å². The summed E-state index contributed by atoms with van der Waals surface area (Å²) >= 11 is 7.41. The summed E-state index contributed by atoms with van der Waals surface area (Å²) in [6.45, 7) is 2.12. The van der Waals surface area contributed by atoms with E-state index in [4.69, 9.17) is 11.6 Å². The second-order valence-corrected chi connectivity index (χ2v) is 5.00. The molecule has 1 aliphatic rings. The summed E-state index contributed by atoms with van der Waals surface area (Å²) in [5.41, 5.74) is 0.959. The average Bonchev–Trinajstić information content (AvgIpc) is 2.57. The molecular weight excluding hydrogens is 221 g/mol. The third kappa shape index (κ3) is 2.05. The quantitative estimate of drug-likeness (QED) is 0.797. The Morgan fingerprint density at radius 3 is 2.93 bits per heavy atom. The Labute approximate surface area is 92.0 Å². The van der Waals surface area contributed by atoms with Gasteiger partial charge in [-0.25, -0.2) is 4.39 Å². The lowest BCUT2D eigenvalue weighted by Gasteiger charge is -2.11. The van der Waals surface area contributed by atoms with Crippen molar-refractivity contribution in [2.45, 2.75) is 18.3 Å². The Morgan fingerprint density at radius 2 is 2.36 bits per heavy atom. The maximum absolute atomic E-state index is 13.2. The van der Waals surface area contributed by atoms with Crippen LogP contribution in [0.2, 0.25) is 5.02 Å². The van der Waals surface area contributed by atoms with Gasteiger partial charge in [0.2, 0.25) is 0 Å². The molecule has 4 heteroatoms. The fourth-order valence-electron chi connectivity index (χ4n) is 1.46. The van der Waals surface area contributed by atoms with Crippen molar-refractivity contribution in [1.29, 1.82) is 0 Å². The molecule has 0 spiro atoms. The standard InChI is InChI=1S/C10H11ClFNS/c1-6-5-14-10(13-6)7-2-3-8(11)9(12)4-7/h2-4,6,10,13H,5H2,1H3. The molecule has 0 aliphatic carbocycles. The summed E-state index contributed by atoms with van der Waals surface area (Å²) in [5, 5.41) is 3.76. The van der Waals surface area contributed by atoms with Crippen LogP contribution >= 0.6 is 23.4 Å². The Bertz CT molecular complexity index is 345. The van der Waals surface area contributed by atoms with Crippen LogP contribution in [0.15, 0.2) is 18.2 Å². The van der Waals surface area contributed by atoms with Gasteiger partial charge in [-0.15, -0.1) is 11.8 Å². The number of rotatable bonds is 1. The number of thioether (sulfide) groups is 1. The molecule has 1 N–H and O–H groups in total. The molecule has 1 heterocycles. The smallest absolute Gasteiger partial charge is 0.142 e. The highest BCUT2D eigenvalue weighted by Crippen LogP contribution is 2.33. The number of halogens is 2. The Kier molecular flexibility index (Phi) is 3.00. The van der Waals surface area contributed by atoms with Gasteiger partial charge in [0, 0.05) is 11.8 Å². The van der Waals surface area contributed by atoms with E-state index in [1.807, 2.05) is 6.07 Å². The van der Waals surface area contributed by atoms with E-state index in [9.17, 15) is 4.39 Å². The van der Waals surface area contributed by atoms with Gasteiger partial charge in [-0.1, -0.05) is 17.7 Å². The van der Waals surface area contributed by atoms with E-state index in [0.717, 1.165) is 11.3 Å². The molecule has 2 unspecified atom stereocenters. The molecule has 1 fully saturated rings. The molecule has 14 heavy (non-hydrogen) atoms. The van der Waals surface area contributed by atoms with Gasteiger partial charge >= 0.3 is 0 Å². The van der Waals surface area contributed by atoms with E-state index in [1.54, 1.807) is 17.8 Å². The lowest BCUT2D eigenvalue weighted by molar-refractivity contribution is 0.603. The first-order chi connectivity index (χ1) is 6.66. The average molecular weight is 232 g/mol. The Balaban J connectivity index is 2.20. The van der Waals surface area contributed by atoms with Gasteiger partial charge in [-0.2, -0.15) is 0 Å². The van der Waals surface area contributed by atoms with Crippen LogP contribution in [0.3, 0.4) is 0 Å². The lowest BCUT2D eigenvalue weighted by atomic mass is 10.2. The third-order valence-electron chi connectivity index (χ3n) is 2.20. The zero-order chi connectivity index (χ0) is 10.1. The molecule has 2 rings (SSSR count). The zero-order valence-electron chi connectivity index (χ0n) is 7.76. The van der Waals surface area contributed by atoms with Crippen LogP contribution in [-0.4, -0.2) is 11.8 Å². The van der Waals surface area contributed by atoms with Crippen LogP contribution in [0.25, 0.3) is 0 Å². The molecule has 1 aromatic carbocycles. The maximum atomic E-state index is 13.2. The first-order valence-corrected chi connectivity index (χ1v) is 5.92. The zero-order valence-corrected chi connectivity index (χ0v) is 9.33. The molecule has 1 aromatic rings. The highest BCUT2D eigenvalue weighted by atomic mass is 35.5. The molecule has 1 nitrogen and oxygen atoms in total. The summed E-state index contributed by atoms with van der Waals surface area (Å²) in [5.74, 6) is 0.723. The van der Waals surface area contributed by atoms with E-state index in [2.05, 4.69) is 12.2 Å². The SMILES string of the molecule is CC1CSC(c2ccc(Cl)c(F)c2)N1. The van der Waals surface area contributed by atoms with E-state index >= 15 is 0 Å². The van der Waals surface area contributed by atoms with Gasteiger partial charge in [0.05, 0.1) is 10.4 Å². The summed E-state index contributed by atoms with van der Waals surface area (Å²) in [6.07, 6.45) is 0. The predicted octanol–water partition coefficient (Wildman–Crippen LogP) is 3.20. The normalized spacial score (nSPS) is 26.8.